The molecule has 0 atom stereocenters. The molecule has 1 aliphatic carbocycles. The average molecular weight is 199 g/mol. The maximum absolute atomic E-state index is 11.7. The molecule has 0 aromatic rings. The summed E-state index contributed by atoms with van der Waals surface area (Å²) < 4.78 is 5.17. The van der Waals surface area contributed by atoms with E-state index in [-0.39, 0.29) is 11.7 Å². The lowest BCUT2D eigenvalue weighted by Gasteiger charge is -2.20. The second-order valence-electron chi connectivity index (χ2n) is 4.28. The van der Waals surface area contributed by atoms with Gasteiger partial charge in [0.05, 0.1) is 0 Å². The molecule has 1 rings (SSSR count). The minimum atomic E-state index is -0.796. The number of Topliss-reactive ketones (excluding diaryl/α,β-unsaturated/α-hetero) is 1. The Morgan fingerprint density at radius 3 is 2.07 bits per heavy atom. The van der Waals surface area contributed by atoms with Crippen molar-refractivity contribution in [2.24, 2.45) is 5.92 Å². The van der Waals surface area contributed by atoms with Crippen LogP contribution < -0.4 is 0 Å². The van der Waals surface area contributed by atoms with Crippen LogP contribution in [0.3, 0.4) is 0 Å². The summed E-state index contributed by atoms with van der Waals surface area (Å²) in [4.78, 5) is 24.3. The van der Waals surface area contributed by atoms with Crippen molar-refractivity contribution >= 4 is 11.9 Å². The number of ketones is 1. The zero-order valence-corrected chi connectivity index (χ0v) is 9.16. The number of amides is 1. The Morgan fingerprint density at radius 1 is 1.29 bits per heavy atom. The number of carbonyl (C=O) groups is 2. The Labute approximate surface area is 84.2 Å². The van der Waals surface area contributed by atoms with Crippen LogP contribution in [0.5, 0.6) is 0 Å². The molecule has 1 aliphatic rings. The fourth-order valence-electron chi connectivity index (χ4n) is 1.30. The standard InChI is InChI=1S/C10H17NO3/c1-7(2)8(12)10(5-6-10)14-9(13)11(3)4/h7H,5-6H2,1-4H3. The lowest BCUT2D eigenvalue weighted by atomic mass is 10.0. The molecule has 0 spiro atoms. The van der Waals surface area contributed by atoms with Gasteiger partial charge in [-0.1, -0.05) is 13.8 Å². The summed E-state index contributed by atoms with van der Waals surface area (Å²) in [5.74, 6) is -0.0415. The topological polar surface area (TPSA) is 46.6 Å². The number of carbonyl (C=O) groups excluding carboxylic acids is 2. The minimum Gasteiger partial charge on any atom is -0.435 e. The molecule has 0 aromatic heterocycles. The van der Waals surface area contributed by atoms with Crippen LogP contribution >= 0.6 is 0 Å². The number of hydrogen-bond acceptors (Lipinski definition) is 3. The Bertz CT molecular complexity index is 254. The number of rotatable bonds is 3. The fraction of sp³-hybridized carbons (Fsp3) is 0.800. The van der Waals surface area contributed by atoms with Gasteiger partial charge in [0.15, 0.2) is 11.4 Å². The lowest BCUT2D eigenvalue weighted by Crippen LogP contribution is -2.36. The number of ether oxygens (including phenoxy) is 1. The van der Waals surface area contributed by atoms with Crippen molar-refractivity contribution in [2.75, 3.05) is 14.1 Å². The van der Waals surface area contributed by atoms with E-state index in [1.165, 1.54) is 4.90 Å². The van der Waals surface area contributed by atoms with Crippen LogP contribution in [0.4, 0.5) is 4.79 Å². The molecule has 0 heterocycles. The molecule has 0 N–H and O–H groups in total. The Morgan fingerprint density at radius 2 is 1.79 bits per heavy atom. The van der Waals surface area contributed by atoms with Crippen LogP contribution in [0.1, 0.15) is 26.7 Å². The van der Waals surface area contributed by atoms with Gasteiger partial charge in [-0.25, -0.2) is 4.79 Å². The summed E-state index contributed by atoms with van der Waals surface area (Å²) in [7, 11) is 3.22. The molecule has 0 aliphatic heterocycles. The normalized spacial score (nSPS) is 17.8. The van der Waals surface area contributed by atoms with Gasteiger partial charge in [0, 0.05) is 20.0 Å². The number of hydrogen-bond donors (Lipinski definition) is 0. The fourth-order valence-corrected chi connectivity index (χ4v) is 1.30. The summed E-state index contributed by atoms with van der Waals surface area (Å²) in [6.07, 6.45) is 0.907. The molecule has 0 saturated heterocycles. The first kappa shape index (κ1) is 11.0. The summed E-state index contributed by atoms with van der Waals surface area (Å²) in [5, 5.41) is 0. The smallest absolute Gasteiger partial charge is 0.410 e. The molecule has 1 amide bonds. The van der Waals surface area contributed by atoms with Gasteiger partial charge in [-0.2, -0.15) is 0 Å². The summed E-state index contributed by atoms with van der Waals surface area (Å²) >= 11 is 0. The van der Waals surface area contributed by atoms with E-state index in [1.807, 2.05) is 13.8 Å². The van der Waals surface area contributed by atoms with Crippen LogP contribution in [-0.2, 0) is 9.53 Å². The van der Waals surface area contributed by atoms with Crippen molar-refractivity contribution in [1.82, 2.24) is 4.90 Å². The first-order valence-corrected chi connectivity index (χ1v) is 4.84. The Balaban J connectivity index is 2.60. The highest BCUT2D eigenvalue weighted by atomic mass is 16.6. The lowest BCUT2D eigenvalue weighted by molar-refractivity contribution is -0.133. The summed E-state index contributed by atoms with van der Waals surface area (Å²) in [5.41, 5.74) is -0.796. The first-order valence-electron chi connectivity index (χ1n) is 4.84. The van der Waals surface area contributed by atoms with Gasteiger partial charge in [-0.05, 0) is 12.8 Å². The minimum absolute atomic E-state index is 0.0349. The monoisotopic (exact) mass is 199 g/mol. The van der Waals surface area contributed by atoms with Gasteiger partial charge in [-0.15, -0.1) is 0 Å². The third-order valence-electron chi connectivity index (χ3n) is 2.33. The molecule has 0 bridgehead atoms. The van der Waals surface area contributed by atoms with E-state index in [2.05, 4.69) is 0 Å². The Kier molecular flexibility index (Phi) is 2.83. The van der Waals surface area contributed by atoms with Gasteiger partial charge >= 0.3 is 6.09 Å². The predicted octanol–water partition coefficient (Wildman–Crippen LogP) is 1.44. The molecule has 1 saturated carbocycles. The summed E-state index contributed by atoms with van der Waals surface area (Å²) in [6, 6.07) is 0. The molecular weight excluding hydrogens is 182 g/mol. The SMILES string of the molecule is CC(C)C(=O)C1(OC(=O)N(C)C)CC1. The molecule has 0 unspecified atom stereocenters. The molecule has 0 radical (unpaired) electrons. The van der Waals surface area contributed by atoms with Gasteiger partial charge in [-0.3, -0.25) is 4.79 Å². The van der Waals surface area contributed by atoms with Crippen molar-refractivity contribution < 1.29 is 14.3 Å². The van der Waals surface area contributed by atoms with Crippen molar-refractivity contribution in [2.45, 2.75) is 32.3 Å². The molecular formula is C10H17NO3. The molecule has 4 heteroatoms. The van der Waals surface area contributed by atoms with E-state index in [0.717, 1.165) is 0 Å². The van der Waals surface area contributed by atoms with Crippen molar-refractivity contribution in [3.8, 4) is 0 Å². The van der Waals surface area contributed by atoms with E-state index < -0.39 is 11.7 Å². The highest BCUT2D eigenvalue weighted by molar-refractivity contribution is 5.93. The predicted molar refractivity (Wildman–Crippen MR) is 52.0 cm³/mol. The maximum Gasteiger partial charge on any atom is 0.410 e. The van der Waals surface area contributed by atoms with Crippen molar-refractivity contribution in [1.29, 1.82) is 0 Å². The van der Waals surface area contributed by atoms with E-state index in [0.29, 0.717) is 12.8 Å². The summed E-state index contributed by atoms with van der Waals surface area (Å²) in [6.45, 7) is 3.65. The van der Waals surface area contributed by atoms with Crippen LogP contribution in [0, 0.1) is 5.92 Å². The highest BCUT2D eigenvalue weighted by Gasteiger charge is 2.54. The van der Waals surface area contributed by atoms with Crippen molar-refractivity contribution in [3.63, 3.8) is 0 Å². The zero-order valence-electron chi connectivity index (χ0n) is 9.16. The van der Waals surface area contributed by atoms with E-state index in [9.17, 15) is 9.59 Å². The van der Waals surface area contributed by atoms with Crippen LogP contribution in [0.15, 0.2) is 0 Å². The van der Waals surface area contributed by atoms with Crippen molar-refractivity contribution in [3.05, 3.63) is 0 Å². The molecule has 4 nitrogen and oxygen atoms in total. The third kappa shape index (κ3) is 2.05. The zero-order chi connectivity index (χ0) is 10.9. The third-order valence-corrected chi connectivity index (χ3v) is 2.33. The van der Waals surface area contributed by atoms with Crippen LogP contribution in [0.25, 0.3) is 0 Å². The highest BCUT2D eigenvalue weighted by Crippen LogP contribution is 2.42. The second-order valence-corrected chi connectivity index (χ2v) is 4.28. The first-order chi connectivity index (χ1) is 6.39. The van der Waals surface area contributed by atoms with E-state index in [1.54, 1.807) is 14.1 Å². The quantitative estimate of drug-likeness (QED) is 0.691. The average Bonchev–Trinajstić information content (AvgIpc) is 2.84. The second kappa shape index (κ2) is 3.59. The molecule has 14 heavy (non-hydrogen) atoms. The van der Waals surface area contributed by atoms with Gasteiger partial charge in [0.1, 0.15) is 0 Å². The number of nitrogens with zero attached hydrogens (tertiary/aromatic N) is 1. The van der Waals surface area contributed by atoms with E-state index in [4.69, 9.17) is 4.74 Å². The molecule has 80 valence electrons. The van der Waals surface area contributed by atoms with Crippen LogP contribution in [-0.4, -0.2) is 36.5 Å². The van der Waals surface area contributed by atoms with E-state index >= 15 is 0 Å². The molecule has 0 aromatic carbocycles. The molecule has 1 fully saturated rings. The Hall–Kier alpha value is -1.06. The van der Waals surface area contributed by atoms with Gasteiger partial charge in [0.25, 0.3) is 0 Å². The maximum atomic E-state index is 11.7. The van der Waals surface area contributed by atoms with Gasteiger partial charge < -0.3 is 9.64 Å². The largest absolute Gasteiger partial charge is 0.435 e. The van der Waals surface area contributed by atoms with Gasteiger partial charge in [0.2, 0.25) is 0 Å². The van der Waals surface area contributed by atoms with Crippen LogP contribution in [0.2, 0.25) is 0 Å².